The highest BCUT2D eigenvalue weighted by atomic mass is 32.2. The third kappa shape index (κ3) is 4.48. The molecule has 0 spiro atoms. The predicted molar refractivity (Wildman–Crippen MR) is 130 cm³/mol. The maximum atomic E-state index is 13.3. The molecule has 0 saturated carbocycles. The van der Waals surface area contributed by atoms with Gasteiger partial charge in [-0.1, -0.05) is 6.42 Å². The van der Waals surface area contributed by atoms with E-state index in [1.165, 1.54) is 0 Å². The van der Waals surface area contributed by atoms with Crippen molar-refractivity contribution in [1.29, 1.82) is 0 Å². The lowest BCUT2D eigenvalue weighted by molar-refractivity contribution is 0.576. The first-order chi connectivity index (χ1) is 15.5. The van der Waals surface area contributed by atoms with Gasteiger partial charge in [0, 0.05) is 0 Å². The Morgan fingerprint density at radius 1 is 0.606 bits per heavy atom. The Balaban J connectivity index is 1.99. The zero-order chi connectivity index (χ0) is 24.0. The van der Waals surface area contributed by atoms with E-state index in [1.807, 2.05) is 12.1 Å². The number of nitrogens with zero attached hydrogens (tertiary/aromatic N) is 2. The molecular formula is C25H34N2O4S2. The molecule has 0 bridgehead atoms. The van der Waals surface area contributed by atoms with Crippen LogP contribution in [-0.4, -0.2) is 37.3 Å². The van der Waals surface area contributed by atoms with Crippen molar-refractivity contribution in [3.63, 3.8) is 0 Å². The summed E-state index contributed by atoms with van der Waals surface area (Å²) in [5, 5.41) is -0.862. The van der Waals surface area contributed by atoms with E-state index in [0.717, 1.165) is 67.2 Å². The van der Waals surface area contributed by atoms with Gasteiger partial charge in [0.15, 0.2) is 29.7 Å². The largest absolute Gasteiger partial charge is 0.234 e. The van der Waals surface area contributed by atoms with Crippen LogP contribution >= 0.6 is 0 Å². The number of rotatable bonds is 5. The van der Waals surface area contributed by atoms with Crippen LogP contribution in [-0.2, 0) is 45.4 Å². The molecule has 0 radical (unpaired) electrons. The second-order valence-electron chi connectivity index (χ2n) is 9.86. The van der Waals surface area contributed by atoms with Crippen LogP contribution in [0.1, 0.15) is 82.1 Å². The lowest BCUT2D eigenvalue weighted by Gasteiger charge is -2.22. The van der Waals surface area contributed by atoms with Gasteiger partial charge in [0.2, 0.25) is 0 Å². The summed E-state index contributed by atoms with van der Waals surface area (Å²) in [6, 6.07) is 3.88. The van der Waals surface area contributed by atoms with Crippen LogP contribution in [0, 0.1) is 0 Å². The van der Waals surface area contributed by atoms with E-state index in [-0.39, 0.29) is 10.1 Å². The number of aromatic nitrogens is 2. The second-order valence-corrected chi connectivity index (χ2v) is 14.7. The number of pyridine rings is 2. The van der Waals surface area contributed by atoms with Crippen LogP contribution in [0.4, 0.5) is 0 Å². The Hall–Kier alpha value is -1.80. The molecule has 180 valence electrons. The molecule has 2 aromatic heterocycles. The van der Waals surface area contributed by atoms with E-state index in [1.54, 1.807) is 27.7 Å². The van der Waals surface area contributed by atoms with Gasteiger partial charge >= 0.3 is 0 Å². The average Bonchev–Trinajstić information content (AvgIpc) is 3.02. The molecule has 0 aliphatic heterocycles. The van der Waals surface area contributed by atoms with Crippen molar-refractivity contribution in [1.82, 2.24) is 9.97 Å². The monoisotopic (exact) mass is 490 g/mol. The second kappa shape index (κ2) is 9.10. The quantitative estimate of drug-likeness (QED) is 0.566. The van der Waals surface area contributed by atoms with Crippen molar-refractivity contribution in [2.45, 2.75) is 106 Å². The zero-order valence-corrected chi connectivity index (χ0v) is 21.7. The Kier molecular flexibility index (Phi) is 6.71. The first kappa shape index (κ1) is 24.3. The van der Waals surface area contributed by atoms with Gasteiger partial charge in [0.05, 0.1) is 21.9 Å². The Morgan fingerprint density at radius 2 is 0.970 bits per heavy atom. The summed E-state index contributed by atoms with van der Waals surface area (Å²) in [6.07, 6.45) is 7.96. The molecule has 8 heteroatoms. The first-order valence-electron chi connectivity index (χ1n) is 12.1. The number of sulfone groups is 2. The molecule has 2 heterocycles. The molecule has 33 heavy (non-hydrogen) atoms. The molecule has 0 aromatic carbocycles. The standard InChI is InChI=1S/C25H34N2O4S2/c1-16(2)32(28,29)24-20-12-7-5-6-10-18(20)14-22(26-24)23-15-19-11-8-9-13-21(19)25(27-23)33(30,31)17(3)4/h14-17H,5-13H2,1-4H3. The maximum Gasteiger partial charge on any atom is 0.198 e. The minimum absolute atomic E-state index is 0.148. The van der Waals surface area contributed by atoms with Crippen molar-refractivity contribution in [2.75, 3.05) is 0 Å². The normalized spacial score (nSPS) is 17.0. The van der Waals surface area contributed by atoms with Gasteiger partial charge in [-0.25, -0.2) is 26.8 Å². The van der Waals surface area contributed by atoms with Crippen LogP contribution in [0.25, 0.3) is 11.4 Å². The zero-order valence-electron chi connectivity index (χ0n) is 20.0. The summed E-state index contributed by atoms with van der Waals surface area (Å²) < 4.78 is 52.9. The van der Waals surface area contributed by atoms with E-state index >= 15 is 0 Å². The molecular weight excluding hydrogens is 456 g/mol. The lowest BCUT2D eigenvalue weighted by atomic mass is 9.92. The number of hydrogen-bond donors (Lipinski definition) is 0. The van der Waals surface area contributed by atoms with Crippen molar-refractivity contribution >= 4 is 19.7 Å². The first-order valence-corrected chi connectivity index (χ1v) is 15.2. The summed E-state index contributed by atoms with van der Waals surface area (Å²) in [5.41, 5.74) is 4.58. The molecule has 0 amide bonds. The van der Waals surface area contributed by atoms with E-state index < -0.39 is 30.2 Å². The number of fused-ring (bicyclic) bond motifs is 2. The molecule has 2 aliphatic rings. The molecule has 0 unspecified atom stereocenters. The molecule has 4 rings (SSSR count). The minimum atomic E-state index is -3.59. The van der Waals surface area contributed by atoms with Gasteiger partial charge in [-0.2, -0.15) is 0 Å². The maximum absolute atomic E-state index is 13.3. The fraction of sp³-hybridized carbons (Fsp3) is 0.600. The van der Waals surface area contributed by atoms with E-state index in [9.17, 15) is 16.8 Å². The third-order valence-corrected chi connectivity index (χ3v) is 11.1. The number of aryl methyl sites for hydroxylation is 2. The van der Waals surface area contributed by atoms with Gasteiger partial charge < -0.3 is 0 Å². The van der Waals surface area contributed by atoms with Gasteiger partial charge in [-0.05, 0) is 113 Å². The average molecular weight is 491 g/mol. The summed E-state index contributed by atoms with van der Waals surface area (Å²) in [4.78, 5) is 9.31. The number of hydrogen-bond acceptors (Lipinski definition) is 6. The van der Waals surface area contributed by atoms with Crippen LogP contribution in [0.2, 0.25) is 0 Å². The van der Waals surface area contributed by atoms with E-state index in [2.05, 4.69) is 9.97 Å². The van der Waals surface area contributed by atoms with E-state index in [4.69, 9.17) is 0 Å². The molecule has 2 aromatic rings. The van der Waals surface area contributed by atoms with Crippen LogP contribution in [0.15, 0.2) is 22.2 Å². The van der Waals surface area contributed by atoms with Crippen molar-refractivity contribution in [3.05, 3.63) is 34.4 Å². The Labute approximate surface area is 198 Å². The summed E-state index contributed by atoms with van der Waals surface area (Å²) in [5.74, 6) is 0. The molecule has 0 N–H and O–H groups in total. The highest BCUT2D eigenvalue weighted by molar-refractivity contribution is 7.92. The minimum Gasteiger partial charge on any atom is -0.234 e. The van der Waals surface area contributed by atoms with Crippen LogP contribution < -0.4 is 0 Å². The van der Waals surface area contributed by atoms with Crippen LogP contribution in [0.5, 0.6) is 0 Å². The van der Waals surface area contributed by atoms with Crippen molar-refractivity contribution in [3.8, 4) is 11.4 Å². The van der Waals surface area contributed by atoms with Crippen molar-refractivity contribution < 1.29 is 16.8 Å². The van der Waals surface area contributed by atoms with Crippen LogP contribution in [0.3, 0.4) is 0 Å². The topological polar surface area (TPSA) is 94.1 Å². The summed E-state index contributed by atoms with van der Waals surface area (Å²) in [6.45, 7) is 6.70. The predicted octanol–water partition coefficient (Wildman–Crippen LogP) is 4.66. The SMILES string of the molecule is CC(C)S(=O)(=O)c1nc(-c2cc3c(c(S(=O)(=O)C(C)C)n2)CCCC3)cc2c1CCCCC2. The van der Waals surface area contributed by atoms with Gasteiger partial charge in [-0.15, -0.1) is 0 Å². The van der Waals surface area contributed by atoms with Gasteiger partial charge in [-0.3, -0.25) is 0 Å². The molecule has 6 nitrogen and oxygen atoms in total. The smallest absolute Gasteiger partial charge is 0.198 e. The van der Waals surface area contributed by atoms with Crippen molar-refractivity contribution in [2.24, 2.45) is 0 Å². The Bertz CT molecular complexity index is 1280. The highest BCUT2D eigenvalue weighted by Gasteiger charge is 2.31. The van der Waals surface area contributed by atoms with Gasteiger partial charge in [0.25, 0.3) is 0 Å². The summed E-state index contributed by atoms with van der Waals surface area (Å²) >= 11 is 0. The highest BCUT2D eigenvalue weighted by Crippen LogP contribution is 2.35. The molecule has 2 aliphatic carbocycles. The van der Waals surface area contributed by atoms with Gasteiger partial charge in [0.1, 0.15) is 0 Å². The summed E-state index contributed by atoms with van der Waals surface area (Å²) in [7, 11) is -7.17. The third-order valence-electron chi connectivity index (χ3n) is 6.90. The molecule has 0 atom stereocenters. The fourth-order valence-corrected chi connectivity index (χ4v) is 7.27. The lowest BCUT2D eigenvalue weighted by Crippen LogP contribution is -2.21. The Morgan fingerprint density at radius 3 is 1.39 bits per heavy atom. The molecule has 0 fully saturated rings. The fourth-order valence-electron chi connectivity index (χ4n) is 4.77. The molecule has 0 saturated heterocycles. The van der Waals surface area contributed by atoms with E-state index in [0.29, 0.717) is 24.2 Å².